The van der Waals surface area contributed by atoms with Crippen molar-refractivity contribution in [2.45, 2.75) is 33.2 Å². The molecule has 0 spiro atoms. The fourth-order valence-electron chi connectivity index (χ4n) is 3.56. The number of imide groups is 1. The second-order valence-corrected chi connectivity index (χ2v) is 6.73. The first-order chi connectivity index (χ1) is 12.4. The van der Waals surface area contributed by atoms with E-state index in [4.69, 9.17) is 4.74 Å². The lowest BCUT2D eigenvalue weighted by atomic mass is 10.1. The van der Waals surface area contributed by atoms with E-state index < -0.39 is 6.04 Å². The Balaban J connectivity index is 1.70. The Morgan fingerprint density at radius 3 is 2.50 bits per heavy atom. The number of ether oxygens (including phenoxy) is 1. The van der Waals surface area contributed by atoms with Crippen LogP contribution in [0.25, 0.3) is 0 Å². The minimum absolute atomic E-state index is 0.165. The first kappa shape index (κ1) is 18.4. The van der Waals surface area contributed by atoms with Gasteiger partial charge in [0.15, 0.2) is 0 Å². The van der Waals surface area contributed by atoms with E-state index in [1.165, 1.54) is 4.90 Å². The molecule has 2 saturated heterocycles. The fraction of sp³-hybridized carbons (Fsp3) is 0.526. The highest BCUT2D eigenvalue weighted by molar-refractivity contribution is 6.22. The minimum Gasteiger partial charge on any atom is -0.450 e. The van der Waals surface area contributed by atoms with Crippen molar-refractivity contribution in [3.63, 3.8) is 0 Å². The molecule has 0 N–H and O–H groups in total. The van der Waals surface area contributed by atoms with E-state index in [0.717, 1.165) is 11.1 Å². The highest BCUT2D eigenvalue weighted by Gasteiger charge is 2.44. The van der Waals surface area contributed by atoms with Gasteiger partial charge in [-0.3, -0.25) is 14.5 Å². The van der Waals surface area contributed by atoms with E-state index in [9.17, 15) is 14.4 Å². The third-order valence-corrected chi connectivity index (χ3v) is 5.22. The third-order valence-electron chi connectivity index (χ3n) is 5.22. The van der Waals surface area contributed by atoms with Gasteiger partial charge in [0.25, 0.3) is 5.91 Å². The molecule has 1 atom stereocenters. The van der Waals surface area contributed by atoms with Gasteiger partial charge in [0.2, 0.25) is 5.91 Å². The lowest BCUT2D eigenvalue weighted by molar-refractivity contribution is -0.123. The van der Waals surface area contributed by atoms with Crippen LogP contribution >= 0.6 is 0 Å². The molecule has 3 amide bonds. The molecule has 7 nitrogen and oxygen atoms in total. The van der Waals surface area contributed by atoms with Crippen LogP contribution in [0.3, 0.4) is 0 Å². The normalized spacial score (nSPS) is 21.4. The number of carbonyl (C=O) groups excluding carboxylic acids is 3. The number of anilines is 1. The number of hydrogen-bond acceptors (Lipinski definition) is 5. The van der Waals surface area contributed by atoms with Gasteiger partial charge in [-0.2, -0.15) is 0 Å². The second-order valence-electron chi connectivity index (χ2n) is 6.73. The minimum atomic E-state index is -0.452. The van der Waals surface area contributed by atoms with Crippen molar-refractivity contribution in [1.82, 2.24) is 9.80 Å². The van der Waals surface area contributed by atoms with Gasteiger partial charge in [0.05, 0.1) is 24.8 Å². The summed E-state index contributed by atoms with van der Waals surface area (Å²) in [4.78, 5) is 42.3. The summed E-state index contributed by atoms with van der Waals surface area (Å²) in [5, 5.41) is 0. The van der Waals surface area contributed by atoms with Gasteiger partial charge in [0, 0.05) is 26.2 Å². The van der Waals surface area contributed by atoms with Crippen LogP contribution < -0.4 is 4.90 Å². The topological polar surface area (TPSA) is 70.2 Å². The molecular formula is C19H25N3O4. The Morgan fingerprint density at radius 1 is 1.15 bits per heavy atom. The monoisotopic (exact) mass is 359 g/mol. The summed E-state index contributed by atoms with van der Waals surface area (Å²) < 4.78 is 5.02. The number of nitrogens with zero attached hydrogens (tertiary/aromatic N) is 3. The van der Waals surface area contributed by atoms with E-state index >= 15 is 0 Å². The second kappa shape index (κ2) is 7.45. The molecule has 0 aromatic heterocycles. The molecule has 7 heteroatoms. The van der Waals surface area contributed by atoms with Gasteiger partial charge < -0.3 is 9.64 Å². The number of benzene rings is 1. The Labute approximate surface area is 153 Å². The molecule has 140 valence electrons. The van der Waals surface area contributed by atoms with Crippen LogP contribution in [0.4, 0.5) is 10.5 Å². The molecule has 26 heavy (non-hydrogen) atoms. The Bertz CT molecular complexity index is 725. The van der Waals surface area contributed by atoms with Crippen molar-refractivity contribution in [3.8, 4) is 0 Å². The number of aryl methyl sites for hydroxylation is 1. The maximum absolute atomic E-state index is 13.0. The highest BCUT2D eigenvalue weighted by Crippen LogP contribution is 2.30. The SMILES string of the molecule is CCOC(=O)N1CCN([C@@H]2CC(=O)N(c3cccc(C)c3C)C2=O)CC1. The zero-order valence-electron chi connectivity index (χ0n) is 15.5. The maximum Gasteiger partial charge on any atom is 0.409 e. The first-order valence-electron chi connectivity index (χ1n) is 9.02. The smallest absolute Gasteiger partial charge is 0.409 e. The van der Waals surface area contributed by atoms with E-state index in [1.807, 2.05) is 36.9 Å². The Morgan fingerprint density at radius 2 is 1.85 bits per heavy atom. The average molecular weight is 359 g/mol. The fourth-order valence-corrected chi connectivity index (χ4v) is 3.56. The Kier molecular flexibility index (Phi) is 5.27. The summed E-state index contributed by atoms with van der Waals surface area (Å²) >= 11 is 0. The molecule has 1 aromatic rings. The van der Waals surface area contributed by atoms with Crippen LogP contribution in [0.1, 0.15) is 24.5 Å². The first-order valence-corrected chi connectivity index (χ1v) is 9.02. The standard InChI is InChI=1S/C19H25N3O4/c1-4-26-19(25)21-10-8-20(9-11-21)16-12-17(23)22(18(16)24)15-7-5-6-13(2)14(15)3/h5-7,16H,4,8-12H2,1-3H3/t16-/m1/s1. The molecule has 0 radical (unpaired) electrons. The van der Waals surface area contributed by atoms with E-state index in [-0.39, 0.29) is 24.3 Å². The molecule has 0 saturated carbocycles. The molecule has 2 fully saturated rings. The van der Waals surface area contributed by atoms with Crippen LogP contribution in [-0.4, -0.2) is 66.5 Å². The van der Waals surface area contributed by atoms with Crippen LogP contribution in [0.15, 0.2) is 18.2 Å². The van der Waals surface area contributed by atoms with Gasteiger partial charge in [-0.25, -0.2) is 9.69 Å². The molecule has 0 bridgehead atoms. The molecule has 2 aliphatic rings. The van der Waals surface area contributed by atoms with Crippen molar-refractivity contribution < 1.29 is 19.1 Å². The summed E-state index contributed by atoms with van der Waals surface area (Å²) in [6.45, 7) is 8.14. The predicted molar refractivity (Wildman–Crippen MR) is 97.0 cm³/mol. The maximum atomic E-state index is 13.0. The summed E-state index contributed by atoms with van der Waals surface area (Å²) in [7, 11) is 0. The highest BCUT2D eigenvalue weighted by atomic mass is 16.6. The summed E-state index contributed by atoms with van der Waals surface area (Å²) in [6, 6.07) is 5.20. The number of carbonyl (C=O) groups is 3. The van der Waals surface area contributed by atoms with Gasteiger partial charge in [0.1, 0.15) is 0 Å². The number of rotatable bonds is 3. The van der Waals surface area contributed by atoms with Crippen LogP contribution in [0.2, 0.25) is 0 Å². The van der Waals surface area contributed by atoms with Crippen molar-refractivity contribution in [3.05, 3.63) is 29.3 Å². The Hall–Kier alpha value is -2.41. The van der Waals surface area contributed by atoms with E-state index in [0.29, 0.717) is 38.5 Å². The van der Waals surface area contributed by atoms with E-state index in [1.54, 1.807) is 11.8 Å². The zero-order chi connectivity index (χ0) is 18.8. The van der Waals surface area contributed by atoms with Gasteiger partial charge in [-0.05, 0) is 38.0 Å². The molecule has 1 aromatic carbocycles. The predicted octanol–water partition coefficient (Wildman–Crippen LogP) is 1.71. The zero-order valence-corrected chi connectivity index (χ0v) is 15.5. The van der Waals surface area contributed by atoms with Gasteiger partial charge in [-0.15, -0.1) is 0 Å². The third kappa shape index (κ3) is 3.31. The van der Waals surface area contributed by atoms with E-state index in [2.05, 4.69) is 0 Å². The molecule has 2 heterocycles. The molecule has 2 aliphatic heterocycles. The van der Waals surface area contributed by atoms with Gasteiger partial charge >= 0.3 is 6.09 Å². The van der Waals surface area contributed by atoms with Crippen molar-refractivity contribution in [1.29, 1.82) is 0 Å². The van der Waals surface area contributed by atoms with Crippen molar-refractivity contribution >= 4 is 23.6 Å². The summed E-state index contributed by atoms with van der Waals surface area (Å²) in [6.07, 6.45) is -0.135. The quantitative estimate of drug-likeness (QED) is 0.769. The summed E-state index contributed by atoms with van der Waals surface area (Å²) in [5.74, 6) is -0.338. The summed E-state index contributed by atoms with van der Waals surface area (Å²) in [5.41, 5.74) is 2.67. The molecule has 3 rings (SSSR count). The number of amides is 3. The van der Waals surface area contributed by atoms with Crippen molar-refractivity contribution in [2.24, 2.45) is 0 Å². The van der Waals surface area contributed by atoms with Crippen molar-refractivity contribution in [2.75, 3.05) is 37.7 Å². The number of hydrogen-bond donors (Lipinski definition) is 0. The largest absolute Gasteiger partial charge is 0.450 e. The lowest BCUT2D eigenvalue weighted by Gasteiger charge is -2.36. The van der Waals surface area contributed by atoms with Crippen LogP contribution in [0, 0.1) is 13.8 Å². The lowest BCUT2D eigenvalue weighted by Crippen LogP contribution is -2.54. The molecule has 0 unspecified atom stereocenters. The van der Waals surface area contributed by atoms with Crippen LogP contribution in [0.5, 0.6) is 0 Å². The van der Waals surface area contributed by atoms with Crippen LogP contribution in [-0.2, 0) is 14.3 Å². The average Bonchev–Trinajstić information content (AvgIpc) is 2.92. The number of piperazine rings is 1. The molecule has 0 aliphatic carbocycles. The van der Waals surface area contributed by atoms with Gasteiger partial charge in [-0.1, -0.05) is 12.1 Å². The molecular weight excluding hydrogens is 334 g/mol.